The molecule has 1 aliphatic rings. The molecule has 1 fully saturated rings. The van der Waals surface area contributed by atoms with Crippen LogP contribution in [0.5, 0.6) is 0 Å². The minimum absolute atomic E-state index is 0.0101. The molecule has 0 unspecified atom stereocenters. The van der Waals surface area contributed by atoms with Crippen LogP contribution in [0.1, 0.15) is 43.4 Å². The van der Waals surface area contributed by atoms with E-state index in [1.54, 1.807) is 30.3 Å². The number of nitrogens with one attached hydrogen (secondary N) is 2. The minimum atomic E-state index is -0.0101. The first-order chi connectivity index (χ1) is 13.1. The number of hydrogen-bond acceptors (Lipinski definition) is 4. The van der Waals surface area contributed by atoms with Gasteiger partial charge in [0.2, 0.25) is 5.91 Å². The van der Waals surface area contributed by atoms with E-state index in [4.69, 9.17) is 4.74 Å². The fourth-order valence-electron chi connectivity index (χ4n) is 3.02. The molecule has 152 valence electrons. The maximum Gasteiger partial charge on any atom is 0.243 e. The van der Waals surface area contributed by atoms with Crippen molar-refractivity contribution in [3.8, 4) is 0 Å². The smallest absolute Gasteiger partial charge is 0.243 e. The Morgan fingerprint density at radius 1 is 1.22 bits per heavy atom. The molecule has 1 amide bonds. The van der Waals surface area contributed by atoms with E-state index in [1.807, 2.05) is 0 Å². The van der Waals surface area contributed by atoms with Crippen molar-refractivity contribution in [1.29, 1.82) is 0 Å². The normalized spacial score (nSPS) is 16.0. The molecule has 2 N–H and O–H groups in total. The number of likely N-dealkylation sites (N-methyl/N-ethyl adjacent to an activating group) is 1. The molecule has 0 radical (unpaired) electrons. The molecule has 0 aliphatic heterocycles. The summed E-state index contributed by atoms with van der Waals surface area (Å²) < 4.78 is 6.02. The number of ether oxygens (including phenoxy) is 1. The summed E-state index contributed by atoms with van der Waals surface area (Å²) >= 11 is 1.75. The topological polar surface area (TPSA) is 66.0 Å². The van der Waals surface area contributed by atoms with Crippen LogP contribution < -0.4 is 10.6 Å². The van der Waals surface area contributed by atoms with Gasteiger partial charge in [-0.1, -0.05) is 31.7 Å². The van der Waals surface area contributed by atoms with Crippen LogP contribution >= 0.6 is 11.3 Å². The Hall–Kier alpha value is -1.60. The number of nitrogens with zero attached hydrogens (tertiary/aromatic N) is 2. The largest absolute Gasteiger partial charge is 0.376 e. The van der Waals surface area contributed by atoms with E-state index in [1.165, 1.54) is 43.4 Å². The van der Waals surface area contributed by atoms with Crippen LogP contribution in [0.2, 0.25) is 0 Å². The van der Waals surface area contributed by atoms with E-state index in [2.05, 4.69) is 33.1 Å². The number of aliphatic imine (C=N–C) groups is 1. The van der Waals surface area contributed by atoms with Gasteiger partial charge < -0.3 is 20.3 Å². The van der Waals surface area contributed by atoms with E-state index >= 15 is 0 Å². The lowest BCUT2D eigenvalue weighted by Crippen LogP contribution is -2.41. The van der Waals surface area contributed by atoms with Crippen molar-refractivity contribution in [2.75, 3.05) is 40.3 Å². The van der Waals surface area contributed by atoms with Gasteiger partial charge >= 0.3 is 0 Å². The van der Waals surface area contributed by atoms with Crippen molar-refractivity contribution in [2.24, 2.45) is 4.99 Å². The van der Waals surface area contributed by atoms with Crippen molar-refractivity contribution in [2.45, 2.75) is 51.0 Å². The van der Waals surface area contributed by atoms with Crippen molar-refractivity contribution in [1.82, 2.24) is 15.5 Å². The molecule has 27 heavy (non-hydrogen) atoms. The molecule has 0 spiro atoms. The Bertz CT molecular complexity index is 552. The average Bonchev–Trinajstić information content (AvgIpc) is 3.04. The van der Waals surface area contributed by atoms with Crippen LogP contribution in [0.25, 0.3) is 0 Å². The second-order valence-corrected chi connectivity index (χ2v) is 8.15. The molecule has 0 aromatic carbocycles. The van der Waals surface area contributed by atoms with Gasteiger partial charge in [-0.15, -0.1) is 11.3 Å². The van der Waals surface area contributed by atoms with Crippen molar-refractivity contribution in [3.05, 3.63) is 22.4 Å². The Labute approximate surface area is 167 Å². The number of rotatable bonds is 9. The van der Waals surface area contributed by atoms with E-state index in [0.29, 0.717) is 25.2 Å². The summed E-state index contributed by atoms with van der Waals surface area (Å²) in [6.45, 7) is 2.28. The quantitative estimate of drug-likeness (QED) is 0.292. The molecule has 1 aliphatic carbocycles. The zero-order valence-corrected chi connectivity index (χ0v) is 17.5. The zero-order valence-electron chi connectivity index (χ0n) is 16.7. The molecule has 1 saturated carbocycles. The summed E-state index contributed by atoms with van der Waals surface area (Å²) in [7, 11) is 3.49. The van der Waals surface area contributed by atoms with Crippen molar-refractivity contribution < 1.29 is 9.53 Å². The Morgan fingerprint density at radius 3 is 2.63 bits per heavy atom. The van der Waals surface area contributed by atoms with Gasteiger partial charge in [0.25, 0.3) is 0 Å². The number of amides is 1. The second-order valence-electron chi connectivity index (χ2n) is 7.12. The summed E-state index contributed by atoms with van der Waals surface area (Å²) in [4.78, 5) is 19.1. The molecule has 1 heterocycles. The van der Waals surface area contributed by atoms with Gasteiger partial charge in [-0.3, -0.25) is 4.79 Å². The second kappa shape index (κ2) is 12.7. The first-order valence-corrected chi connectivity index (χ1v) is 10.9. The van der Waals surface area contributed by atoms with Crippen molar-refractivity contribution >= 4 is 23.2 Å². The average molecular weight is 395 g/mol. The number of carbonyl (C=O) groups excluding carboxylic acids is 1. The van der Waals surface area contributed by atoms with Gasteiger partial charge in [0.15, 0.2) is 5.96 Å². The molecule has 1 aromatic heterocycles. The van der Waals surface area contributed by atoms with E-state index < -0.39 is 0 Å². The van der Waals surface area contributed by atoms with Gasteiger partial charge in [0.1, 0.15) is 6.54 Å². The van der Waals surface area contributed by atoms with Crippen LogP contribution in [0.3, 0.4) is 0 Å². The van der Waals surface area contributed by atoms with Gasteiger partial charge in [-0.05, 0) is 30.7 Å². The van der Waals surface area contributed by atoms with Crippen LogP contribution in [0, 0.1) is 0 Å². The standard InChI is InChI=1S/C20H34N4O2S/c1-24(2)19(25)16-23-20(21-12-11-18-10-7-15-27-18)22-13-14-26-17-8-5-3-4-6-9-17/h7,10,15,17H,3-6,8-9,11-14,16H2,1-2H3,(H2,21,22,23). The highest BCUT2D eigenvalue weighted by Gasteiger charge is 2.12. The summed E-state index contributed by atoms with van der Waals surface area (Å²) in [5.74, 6) is 0.662. The molecule has 0 bridgehead atoms. The van der Waals surface area contributed by atoms with Crippen LogP contribution in [0.15, 0.2) is 22.5 Å². The highest BCUT2D eigenvalue weighted by Crippen LogP contribution is 2.19. The molecular weight excluding hydrogens is 360 g/mol. The maximum atomic E-state index is 11.8. The molecule has 2 rings (SSSR count). The van der Waals surface area contributed by atoms with Gasteiger partial charge in [0.05, 0.1) is 12.7 Å². The highest BCUT2D eigenvalue weighted by molar-refractivity contribution is 7.09. The van der Waals surface area contributed by atoms with Crippen LogP contribution in [-0.2, 0) is 16.0 Å². The van der Waals surface area contributed by atoms with E-state index in [9.17, 15) is 4.79 Å². The lowest BCUT2D eigenvalue weighted by molar-refractivity contribution is -0.127. The summed E-state index contributed by atoms with van der Waals surface area (Å²) in [5, 5.41) is 8.70. The lowest BCUT2D eigenvalue weighted by atomic mass is 10.1. The molecule has 1 aromatic rings. The number of thiophene rings is 1. The SMILES string of the molecule is CN(C)C(=O)CN=C(NCCOC1CCCCCC1)NCCc1cccs1. The monoisotopic (exact) mass is 394 g/mol. The summed E-state index contributed by atoms with van der Waals surface area (Å²) in [6, 6.07) is 4.20. The van der Waals surface area contributed by atoms with Crippen LogP contribution in [-0.4, -0.2) is 63.2 Å². The highest BCUT2D eigenvalue weighted by atomic mass is 32.1. The third kappa shape index (κ3) is 9.24. The minimum Gasteiger partial charge on any atom is -0.376 e. The molecule has 7 heteroatoms. The number of hydrogen-bond donors (Lipinski definition) is 2. The third-order valence-electron chi connectivity index (χ3n) is 4.67. The zero-order chi connectivity index (χ0) is 19.3. The number of guanidine groups is 1. The molecule has 0 atom stereocenters. The summed E-state index contributed by atoms with van der Waals surface area (Å²) in [5.41, 5.74) is 0. The maximum absolute atomic E-state index is 11.8. The molecule has 0 saturated heterocycles. The Balaban J connectivity index is 1.73. The predicted octanol–water partition coefficient (Wildman–Crippen LogP) is 2.65. The lowest BCUT2D eigenvalue weighted by Gasteiger charge is -2.17. The van der Waals surface area contributed by atoms with E-state index in [-0.39, 0.29) is 12.5 Å². The fraction of sp³-hybridized carbons (Fsp3) is 0.700. The fourth-order valence-corrected chi connectivity index (χ4v) is 3.73. The van der Waals surface area contributed by atoms with Crippen LogP contribution in [0.4, 0.5) is 0 Å². The summed E-state index contributed by atoms with van der Waals surface area (Å²) in [6.07, 6.45) is 8.93. The third-order valence-corrected chi connectivity index (χ3v) is 5.60. The first kappa shape index (κ1) is 21.7. The van der Waals surface area contributed by atoms with Gasteiger partial charge in [-0.2, -0.15) is 0 Å². The van der Waals surface area contributed by atoms with Crippen molar-refractivity contribution in [3.63, 3.8) is 0 Å². The first-order valence-electron chi connectivity index (χ1n) is 10.0. The number of carbonyl (C=O) groups is 1. The predicted molar refractivity (Wildman–Crippen MR) is 112 cm³/mol. The Kier molecular flexibility index (Phi) is 10.2. The van der Waals surface area contributed by atoms with Gasteiger partial charge in [-0.25, -0.2) is 4.99 Å². The van der Waals surface area contributed by atoms with Gasteiger partial charge in [0, 0.05) is 32.1 Å². The Morgan fingerprint density at radius 2 is 1.96 bits per heavy atom. The molecular formula is C20H34N4O2S. The molecule has 6 nitrogen and oxygen atoms in total. The van der Waals surface area contributed by atoms with E-state index in [0.717, 1.165) is 13.0 Å².